The molecule has 1 fully saturated rings. The van der Waals surface area contributed by atoms with E-state index in [9.17, 15) is 0 Å². The minimum atomic E-state index is 0. The average Bonchev–Trinajstić information content (AvgIpc) is 2.05. The minimum Gasteiger partial charge on any atom is -0.660 e. The zero-order valence-corrected chi connectivity index (χ0v) is 9.67. The molecule has 1 aliphatic heterocycles. The maximum absolute atomic E-state index is 4.36. The van der Waals surface area contributed by atoms with Gasteiger partial charge < -0.3 is 21.3 Å². The second kappa shape index (κ2) is 10.6. The Labute approximate surface area is 95.5 Å². The van der Waals surface area contributed by atoms with E-state index in [2.05, 4.69) is 21.3 Å². The van der Waals surface area contributed by atoms with Crippen molar-refractivity contribution in [3.8, 4) is 0 Å². The van der Waals surface area contributed by atoms with Gasteiger partial charge in [0.05, 0.1) is 0 Å². The summed E-state index contributed by atoms with van der Waals surface area (Å²) in [5, 5.41) is 14.4. The third-order valence-corrected chi connectivity index (χ3v) is 1.85. The molecule has 13 heavy (non-hydrogen) atoms. The molecule has 0 amide bonds. The molecule has 0 spiro atoms. The first-order chi connectivity index (χ1) is 6.00. The van der Waals surface area contributed by atoms with E-state index < -0.39 is 0 Å². The van der Waals surface area contributed by atoms with Gasteiger partial charge in [0.25, 0.3) is 0 Å². The van der Waals surface area contributed by atoms with Crippen molar-refractivity contribution in [2.45, 2.75) is 0 Å². The van der Waals surface area contributed by atoms with Gasteiger partial charge in [-0.25, -0.2) is 0 Å². The predicted octanol–water partition coefficient (Wildman–Crippen LogP) is -0.860. The van der Waals surface area contributed by atoms with Crippen molar-refractivity contribution in [1.82, 2.24) is 16.0 Å². The van der Waals surface area contributed by atoms with Crippen LogP contribution >= 0.6 is 0 Å². The van der Waals surface area contributed by atoms with Crippen molar-refractivity contribution in [1.29, 1.82) is 0 Å². The summed E-state index contributed by atoms with van der Waals surface area (Å²) in [4.78, 5) is 0. The van der Waals surface area contributed by atoms with E-state index >= 15 is 0 Å². The Balaban J connectivity index is 0.00000144. The third kappa shape index (κ3) is 8.87. The van der Waals surface area contributed by atoms with E-state index in [1.54, 1.807) is 0 Å². The first-order valence-electron chi connectivity index (χ1n) is 4.75. The Kier molecular flexibility index (Phi) is 11.1. The van der Waals surface area contributed by atoms with E-state index in [1.807, 2.05) is 0 Å². The second-order valence-corrected chi connectivity index (χ2v) is 2.92. The van der Waals surface area contributed by atoms with Gasteiger partial charge in [0.1, 0.15) is 0 Å². The molecule has 0 unspecified atom stereocenters. The van der Waals surface area contributed by atoms with E-state index in [1.165, 1.54) is 0 Å². The SMILES string of the molecule is C1CNCCNCCNCC[N-]1.[Ti+2]. The van der Waals surface area contributed by atoms with Gasteiger partial charge in [-0.3, -0.25) is 0 Å². The van der Waals surface area contributed by atoms with Crippen molar-refractivity contribution < 1.29 is 21.7 Å². The Morgan fingerprint density at radius 1 is 0.615 bits per heavy atom. The summed E-state index contributed by atoms with van der Waals surface area (Å²) in [5.74, 6) is 0. The topological polar surface area (TPSA) is 50.2 Å². The largest absolute Gasteiger partial charge is 2.00 e. The van der Waals surface area contributed by atoms with Gasteiger partial charge in [0.2, 0.25) is 0 Å². The Morgan fingerprint density at radius 3 is 1.46 bits per heavy atom. The van der Waals surface area contributed by atoms with Crippen molar-refractivity contribution >= 4 is 0 Å². The molecule has 0 radical (unpaired) electrons. The Bertz CT molecular complexity index is 59.1. The smallest absolute Gasteiger partial charge is 0.660 e. The maximum Gasteiger partial charge on any atom is 2.00 e. The fraction of sp³-hybridized carbons (Fsp3) is 1.00. The molecule has 0 aromatic heterocycles. The molecule has 74 valence electrons. The van der Waals surface area contributed by atoms with Crippen molar-refractivity contribution in [3.05, 3.63) is 5.32 Å². The zero-order valence-electron chi connectivity index (χ0n) is 8.10. The number of hydrogen-bond donors (Lipinski definition) is 3. The van der Waals surface area contributed by atoms with Gasteiger partial charge >= 0.3 is 21.7 Å². The molecular formula is C8H19N4Ti+. The van der Waals surface area contributed by atoms with Gasteiger partial charge in [-0.15, -0.1) is 13.1 Å². The first kappa shape index (κ1) is 13.6. The monoisotopic (exact) mass is 219 g/mol. The summed E-state index contributed by atoms with van der Waals surface area (Å²) < 4.78 is 0. The van der Waals surface area contributed by atoms with E-state index in [4.69, 9.17) is 0 Å². The van der Waals surface area contributed by atoms with Crippen molar-refractivity contribution in [2.75, 3.05) is 52.4 Å². The van der Waals surface area contributed by atoms with Crippen LogP contribution in [-0.4, -0.2) is 52.4 Å². The molecule has 1 rings (SSSR count). The quantitative estimate of drug-likeness (QED) is 0.465. The summed E-state index contributed by atoms with van der Waals surface area (Å²) >= 11 is 0. The Morgan fingerprint density at radius 2 is 1.00 bits per heavy atom. The number of nitrogens with one attached hydrogen (secondary N) is 3. The van der Waals surface area contributed by atoms with Crippen molar-refractivity contribution in [3.63, 3.8) is 0 Å². The van der Waals surface area contributed by atoms with Gasteiger partial charge in [0, 0.05) is 26.2 Å². The predicted molar refractivity (Wildman–Crippen MR) is 51.7 cm³/mol. The first-order valence-corrected chi connectivity index (χ1v) is 4.75. The molecule has 0 bridgehead atoms. The van der Waals surface area contributed by atoms with Crippen LogP contribution in [0.2, 0.25) is 0 Å². The maximum atomic E-state index is 4.36. The summed E-state index contributed by atoms with van der Waals surface area (Å²) in [6.45, 7) is 8.14. The van der Waals surface area contributed by atoms with Crippen LogP contribution in [0.1, 0.15) is 0 Å². The Hall–Kier alpha value is 0.554. The van der Waals surface area contributed by atoms with Crippen LogP contribution in [0, 0.1) is 0 Å². The molecule has 1 aliphatic rings. The fourth-order valence-electron chi connectivity index (χ4n) is 1.16. The number of rotatable bonds is 0. The molecule has 0 aromatic rings. The zero-order chi connectivity index (χ0) is 8.49. The van der Waals surface area contributed by atoms with Gasteiger partial charge in [-0.05, 0) is 13.1 Å². The van der Waals surface area contributed by atoms with E-state index in [-0.39, 0.29) is 21.7 Å². The number of hydrogen-bond acceptors (Lipinski definition) is 3. The molecule has 5 heteroatoms. The minimum absolute atomic E-state index is 0. The fourth-order valence-corrected chi connectivity index (χ4v) is 1.16. The van der Waals surface area contributed by atoms with Crippen LogP contribution in [-0.2, 0) is 21.7 Å². The van der Waals surface area contributed by atoms with Crippen molar-refractivity contribution in [2.24, 2.45) is 0 Å². The summed E-state index contributed by atoms with van der Waals surface area (Å²) in [7, 11) is 0. The normalized spacial score (nSPS) is 22.2. The van der Waals surface area contributed by atoms with E-state index in [0.29, 0.717) is 0 Å². The standard InChI is InChI=1S/C8H19N4.Ti/c1-2-10-5-6-12-8-7-11-4-3-9-1;/h9-11H,1-8H2;/q-1;+2. The van der Waals surface area contributed by atoms with Crippen LogP contribution < -0.4 is 16.0 Å². The molecule has 0 aliphatic carbocycles. The molecule has 0 saturated carbocycles. The average molecular weight is 219 g/mol. The van der Waals surface area contributed by atoms with Crippen LogP contribution in [0.3, 0.4) is 0 Å². The van der Waals surface area contributed by atoms with Crippen LogP contribution in [0.15, 0.2) is 0 Å². The molecule has 4 nitrogen and oxygen atoms in total. The van der Waals surface area contributed by atoms with Crippen LogP contribution in [0.4, 0.5) is 0 Å². The number of nitrogens with zero attached hydrogens (tertiary/aromatic N) is 1. The van der Waals surface area contributed by atoms with Gasteiger partial charge in [-0.1, -0.05) is 0 Å². The molecule has 1 saturated heterocycles. The van der Waals surface area contributed by atoms with Crippen LogP contribution in [0.5, 0.6) is 0 Å². The second-order valence-electron chi connectivity index (χ2n) is 2.92. The van der Waals surface area contributed by atoms with Gasteiger partial charge in [-0.2, -0.15) is 0 Å². The van der Waals surface area contributed by atoms with Crippen LogP contribution in [0.25, 0.3) is 5.32 Å². The molecule has 1 heterocycles. The molecule has 3 N–H and O–H groups in total. The summed E-state index contributed by atoms with van der Waals surface area (Å²) in [6, 6.07) is 0. The summed E-state index contributed by atoms with van der Waals surface area (Å²) in [5.41, 5.74) is 0. The van der Waals surface area contributed by atoms with Gasteiger partial charge in [0.15, 0.2) is 0 Å². The molecular weight excluding hydrogens is 200 g/mol. The summed E-state index contributed by atoms with van der Waals surface area (Å²) in [6.07, 6.45) is 0. The third-order valence-electron chi connectivity index (χ3n) is 1.85. The van der Waals surface area contributed by atoms with E-state index in [0.717, 1.165) is 52.4 Å². The molecule has 0 atom stereocenters. The molecule has 0 aromatic carbocycles.